The first-order valence-electron chi connectivity index (χ1n) is 10.4. The van der Waals surface area contributed by atoms with Gasteiger partial charge in [0.1, 0.15) is 11.5 Å². The Bertz CT molecular complexity index is 949. The van der Waals surface area contributed by atoms with Gasteiger partial charge in [0, 0.05) is 45.3 Å². The summed E-state index contributed by atoms with van der Waals surface area (Å²) in [5.74, 6) is -5.14. The molecule has 0 aromatic heterocycles. The molecule has 2 atom stereocenters. The Balaban J connectivity index is 0.000000462. The van der Waals surface area contributed by atoms with Crippen LogP contribution in [0.25, 0.3) is 0 Å². The van der Waals surface area contributed by atoms with Crippen LogP contribution in [0, 0.1) is 0 Å². The molecule has 2 aromatic rings. The summed E-state index contributed by atoms with van der Waals surface area (Å²) < 4.78 is 66.7. The molecule has 1 aliphatic carbocycles. The Labute approximate surface area is 217 Å². The Morgan fingerprint density at radius 2 is 1.00 bits per heavy atom. The molecule has 0 saturated heterocycles. The number of alkyl halides is 6. The molecule has 196 valence electrons. The van der Waals surface area contributed by atoms with Crippen molar-refractivity contribution in [3.8, 4) is 11.5 Å². The van der Waals surface area contributed by atoms with Crippen LogP contribution in [-0.2, 0) is 21.7 Å². The van der Waals surface area contributed by atoms with Gasteiger partial charge in [-0.05, 0) is 37.1 Å². The van der Waals surface area contributed by atoms with Gasteiger partial charge in [0.25, 0.3) is 0 Å². The van der Waals surface area contributed by atoms with Gasteiger partial charge in [-0.3, -0.25) is 9.98 Å². The van der Waals surface area contributed by atoms with E-state index < -0.39 is 18.1 Å². The largest absolute Gasteiger partial charge is 0.507 e. The minimum absolute atomic E-state index is 0. The van der Waals surface area contributed by atoms with Crippen molar-refractivity contribution < 1.29 is 68.5 Å². The van der Waals surface area contributed by atoms with Crippen LogP contribution in [0.5, 0.6) is 11.5 Å². The quantitative estimate of drug-likeness (QED) is 0.190. The summed E-state index contributed by atoms with van der Waals surface area (Å²) in [4.78, 5) is 9.34. The van der Waals surface area contributed by atoms with Gasteiger partial charge in [-0.15, -0.1) is 0 Å². The van der Waals surface area contributed by atoms with Gasteiger partial charge in [-0.1, -0.05) is 37.1 Å². The third-order valence-electron chi connectivity index (χ3n) is 5.17. The maximum Gasteiger partial charge on any atom is 0.452 e. The number of phenolic OH excluding ortho intramolecular Hbond substituents is 2. The molecule has 2 aromatic carbocycles. The molecule has 6 nitrogen and oxygen atoms in total. The van der Waals surface area contributed by atoms with Crippen LogP contribution >= 0.6 is 0 Å². The van der Waals surface area contributed by atoms with E-state index in [1.807, 2.05) is 24.3 Å². The molecule has 3 rings (SSSR count). The second kappa shape index (κ2) is 13.2. The van der Waals surface area contributed by atoms with Crippen molar-refractivity contribution in [2.75, 3.05) is 0 Å². The number of hydrogen-bond acceptors (Lipinski definition) is 6. The minimum atomic E-state index is -6.13. The van der Waals surface area contributed by atoms with Gasteiger partial charge < -0.3 is 20.4 Å². The Morgan fingerprint density at radius 3 is 1.28 bits per heavy atom. The second-order valence-corrected chi connectivity index (χ2v) is 7.76. The molecule has 13 heteroatoms. The number of rotatable bonds is 4. The van der Waals surface area contributed by atoms with Crippen LogP contribution in [0.2, 0.25) is 0 Å². The van der Waals surface area contributed by atoms with E-state index in [2.05, 4.69) is 9.98 Å². The minimum Gasteiger partial charge on any atom is -0.507 e. The van der Waals surface area contributed by atoms with E-state index in [0.29, 0.717) is 0 Å². The molecule has 0 heterocycles. The fourth-order valence-electron chi connectivity index (χ4n) is 3.15. The van der Waals surface area contributed by atoms with Gasteiger partial charge >= 0.3 is 18.1 Å². The van der Waals surface area contributed by atoms with E-state index in [1.165, 1.54) is 0 Å². The average Bonchev–Trinajstić information content (AvgIpc) is 2.77. The molecule has 1 aliphatic rings. The molecule has 1 saturated carbocycles. The van der Waals surface area contributed by atoms with Crippen LogP contribution in [0.1, 0.15) is 36.8 Å². The van der Waals surface area contributed by atoms with Crippen LogP contribution in [0.4, 0.5) is 26.3 Å². The van der Waals surface area contributed by atoms with Gasteiger partial charge in [0.05, 0.1) is 12.1 Å². The van der Waals surface area contributed by atoms with E-state index in [9.17, 15) is 36.6 Å². The van der Waals surface area contributed by atoms with Crippen molar-refractivity contribution in [1.29, 1.82) is 0 Å². The number of aliphatic hydroxyl groups is 2. The molecule has 0 aliphatic heterocycles. The molecule has 0 bridgehead atoms. The fourth-order valence-corrected chi connectivity index (χ4v) is 3.15. The smallest absolute Gasteiger partial charge is 0.452 e. The van der Waals surface area contributed by atoms with Crippen molar-refractivity contribution in [3.05, 3.63) is 59.7 Å². The van der Waals surface area contributed by atoms with E-state index in [-0.39, 0.29) is 45.3 Å². The zero-order valence-corrected chi connectivity index (χ0v) is 20.3. The zero-order valence-electron chi connectivity index (χ0n) is 18.7. The number of phenols is 2. The molecule has 1 fully saturated rings. The molecule has 36 heavy (non-hydrogen) atoms. The summed E-state index contributed by atoms with van der Waals surface area (Å²) >= 11 is 0. The van der Waals surface area contributed by atoms with Crippen molar-refractivity contribution in [3.63, 3.8) is 0 Å². The van der Waals surface area contributed by atoms with Gasteiger partial charge in [0.2, 0.25) is 0 Å². The zero-order chi connectivity index (χ0) is 26.3. The molecular weight excluding hydrogens is 530 g/mol. The summed E-state index contributed by atoms with van der Waals surface area (Å²) in [6.45, 7) is 0. The Hall–Kier alpha value is -2.41. The van der Waals surface area contributed by atoms with Crippen LogP contribution in [-0.4, -0.2) is 63.1 Å². The number of nitrogens with zero attached hydrogens (tertiary/aromatic N) is 2. The summed E-state index contributed by atoms with van der Waals surface area (Å²) in [6.07, 6.45) is -4.51. The maximum absolute atomic E-state index is 11.1. The first kappa shape index (κ1) is 31.6. The number of aromatic hydroxyl groups is 2. The molecular formula is C23H24F6N2O4Ti. The number of halogens is 6. The van der Waals surface area contributed by atoms with E-state index in [1.54, 1.807) is 36.7 Å². The summed E-state index contributed by atoms with van der Waals surface area (Å²) in [6, 6.07) is 14.6. The number of hydrogen-bond donors (Lipinski definition) is 4. The monoisotopic (exact) mass is 554 g/mol. The summed E-state index contributed by atoms with van der Waals surface area (Å²) in [7, 11) is 0. The fraction of sp³-hybridized carbons (Fsp3) is 0.391. The molecule has 0 radical (unpaired) electrons. The molecule has 0 unspecified atom stereocenters. The average molecular weight is 554 g/mol. The van der Waals surface area contributed by atoms with E-state index in [4.69, 9.17) is 10.2 Å². The number of benzene rings is 2. The van der Waals surface area contributed by atoms with Gasteiger partial charge in [-0.25, -0.2) is 0 Å². The van der Waals surface area contributed by atoms with Crippen molar-refractivity contribution in [2.45, 2.75) is 55.9 Å². The summed E-state index contributed by atoms with van der Waals surface area (Å²) in [5, 5.41) is 34.7. The second-order valence-electron chi connectivity index (χ2n) is 7.76. The van der Waals surface area contributed by atoms with Gasteiger partial charge in [-0.2, -0.15) is 26.3 Å². The van der Waals surface area contributed by atoms with Gasteiger partial charge in [0.15, 0.2) is 0 Å². The van der Waals surface area contributed by atoms with Crippen LogP contribution in [0.3, 0.4) is 0 Å². The Morgan fingerprint density at radius 1 is 0.667 bits per heavy atom. The third-order valence-corrected chi connectivity index (χ3v) is 5.17. The van der Waals surface area contributed by atoms with Crippen molar-refractivity contribution in [1.82, 2.24) is 0 Å². The standard InChI is InChI=1S/C20H22N2O2.C3H2F6O2.Ti/c23-19-11-5-1-7-15(19)13-21-17-9-3-4-10-18(17)22-14-16-8-2-6-12-20(16)24;4-2(5,6)1(10,11)3(7,8)9;/h1-2,5-8,11-14,17-18,23-24H,3-4,9-10H2;10-11H;/t17-,18-;;/m1../s1. The maximum atomic E-state index is 11.1. The third kappa shape index (κ3) is 8.61. The summed E-state index contributed by atoms with van der Waals surface area (Å²) in [5.41, 5.74) is 1.46. The number of para-hydroxylation sites is 2. The van der Waals surface area contributed by atoms with Crippen LogP contribution < -0.4 is 0 Å². The first-order chi connectivity index (χ1) is 16.2. The topological polar surface area (TPSA) is 106 Å². The molecule has 4 N–H and O–H groups in total. The predicted molar refractivity (Wildman–Crippen MR) is 117 cm³/mol. The normalized spacial score (nSPS) is 19.0. The van der Waals surface area contributed by atoms with E-state index >= 15 is 0 Å². The Kier molecular flexibility index (Phi) is 11.6. The van der Waals surface area contributed by atoms with Crippen LogP contribution in [0.15, 0.2) is 58.5 Å². The van der Waals surface area contributed by atoms with E-state index in [0.717, 1.165) is 36.8 Å². The molecule has 0 amide bonds. The van der Waals surface area contributed by atoms with Crippen molar-refractivity contribution in [2.24, 2.45) is 9.98 Å². The molecule has 0 spiro atoms. The number of aliphatic imine (C=N–C) groups is 2. The van der Waals surface area contributed by atoms with Crippen molar-refractivity contribution >= 4 is 12.4 Å². The SMILES string of the molecule is OC(O)(C(F)(F)F)C(F)(F)F.Oc1ccccc1C=N[C@@H]1CCCC[C@H]1N=Cc1ccccc1O.[Ti]. The predicted octanol–water partition coefficient (Wildman–Crippen LogP) is 4.74. The first-order valence-corrected chi connectivity index (χ1v) is 10.4.